The summed E-state index contributed by atoms with van der Waals surface area (Å²) in [6, 6.07) is 6.49. The van der Waals surface area contributed by atoms with Crippen molar-refractivity contribution in [2.24, 2.45) is 0 Å². The molecule has 0 aliphatic carbocycles. The first-order valence-corrected chi connectivity index (χ1v) is 7.54. The SMILES string of the molecule is Cc1c(F)cc(C#N)cc1NS(=O)(=O)c1ccnc(Cl)c1. The fourth-order valence-electron chi connectivity index (χ4n) is 1.60. The highest BCUT2D eigenvalue weighted by Crippen LogP contribution is 2.24. The van der Waals surface area contributed by atoms with Gasteiger partial charge < -0.3 is 0 Å². The molecule has 2 rings (SSSR count). The standard InChI is InChI=1S/C13H9ClFN3O2S/c1-8-11(15)4-9(7-16)5-12(8)18-21(19,20)10-2-3-17-13(14)6-10/h2-6,18H,1H3. The quantitative estimate of drug-likeness (QED) is 0.880. The first-order chi connectivity index (χ1) is 9.83. The lowest BCUT2D eigenvalue weighted by Crippen LogP contribution is -2.14. The largest absolute Gasteiger partial charge is 0.279 e. The second-order valence-electron chi connectivity index (χ2n) is 4.16. The van der Waals surface area contributed by atoms with Gasteiger partial charge in [-0.2, -0.15) is 5.26 Å². The lowest BCUT2D eigenvalue weighted by Gasteiger charge is -2.11. The second-order valence-corrected chi connectivity index (χ2v) is 6.23. The first kappa shape index (κ1) is 15.2. The highest BCUT2D eigenvalue weighted by atomic mass is 35.5. The van der Waals surface area contributed by atoms with E-state index in [1.165, 1.54) is 31.3 Å². The van der Waals surface area contributed by atoms with Crippen molar-refractivity contribution >= 4 is 27.3 Å². The number of aromatic nitrogens is 1. The van der Waals surface area contributed by atoms with Crippen LogP contribution in [0.4, 0.5) is 10.1 Å². The molecule has 0 atom stereocenters. The molecule has 0 saturated heterocycles. The fourth-order valence-corrected chi connectivity index (χ4v) is 2.97. The molecule has 0 spiro atoms. The summed E-state index contributed by atoms with van der Waals surface area (Å²) in [6.45, 7) is 1.41. The van der Waals surface area contributed by atoms with Crippen LogP contribution in [0.3, 0.4) is 0 Å². The molecule has 0 radical (unpaired) electrons. The molecule has 8 heteroatoms. The van der Waals surface area contributed by atoms with Gasteiger partial charge in [0.1, 0.15) is 11.0 Å². The zero-order valence-electron chi connectivity index (χ0n) is 10.8. The van der Waals surface area contributed by atoms with Crippen LogP contribution in [0.1, 0.15) is 11.1 Å². The molecule has 0 unspecified atom stereocenters. The van der Waals surface area contributed by atoms with Gasteiger partial charge >= 0.3 is 0 Å². The van der Waals surface area contributed by atoms with Crippen molar-refractivity contribution < 1.29 is 12.8 Å². The van der Waals surface area contributed by atoms with Crippen LogP contribution >= 0.6 is 11.6 Å². The number of hydrogen-bond acceptors (Lipinski definition) is 4. The Morgan fingerprint density at radius 1 is 1.38 bits per heavy atom. The molecule has 2 aromatic rings. The Labute approximate surface area is 126 Å². The Balaban J connectivity index is 2.47. The van der Waals surface area contributed by atoms with Crippen LogP contribution in [0.15, 0.2) is 35.4 Å². The van der Waals surface area contributed by atoms with E-state index in [1.807, 2.05) is 0 Å². The van der Waals surface area contributed by atoms with E-state index < -0.39 is 15.8 Å². The van der Waals surface area contributed by atoms with Gasteiger partial charge in [0.15, 0.2) is 0 Å². The van der Waals surface area contributed by atoms with Crippen LogP contribution in [0, 0.1) is 24.1 Å². The third-order valence-corrected chi connectivity index (χ3v) is 4.30. The van der Waals surface area contributed by atoms with Crippen molar-refractivity contribution in [2.45, 2.75) is 11.8 Å². The van der Waals surface area contributed by atoms with Crippen molar-refractivity contribution in [1.29, 1.82) is 5.26 Å². The molecular weight excluding hydrogens is 317 g/mol. The minimum absolute atomic E-state index is 0.000477. The number of sulfonamides is 1. The summed E-state index contributed by atoms with van der Waals surface area (Å²) in [5, 5.41) is 8.83. The first-order valence-electron chi connectivity index (χ1n) is 5.68. The number of pyridine rings is 1. The number of hydrogen-bond donors (Lipinski definition) is 1. The van der Waals surface area contributed by atoms with Gasteiger partial charge in [0, 0.05) is 11.8 Å². The Hall–Kier alpha value is -2.17. The molecule has 1 heterocycles. The van der Waals surface area contributed by atoms with Gasteiger partial charge in [-0.3, -0.25) is 4.72 Å². The molecule has 5 nitrogen and oxygen atoms in total. The summed E-state index contributed by atoms with van der Waals surface area (Å²) >= 11 is 5.65. The van der Waals surface area contributed by atoms with E-state index in [1.54, 1.807) is 6.07 Å². The Bertz CT molecular complexity index is 847. The molecule has 108 valence electrons. The fraction of sp³-hybridized carbons (Fsp3) is 0.0769. The molecular formula is C13H9ClFN3O2S. The van der Waals surface area contributed by atoms with Crippen LogP contribution in [0.5, 0.6) is 0 Å². The number of rotatable bonds is 3. The maximum atomic E-state index is 13.7. The van der Waals surface area contributed by atoms with Crippen molar-refractivity contribution in [3.05, 3.63) is 52.6 Å². The average Bonchev–Trinajstić information content (AvgIpc) is 2.43. The van der Waals surface area contributed by atoms with Crippen LogP contribution in [0.2, 0.25) is 5.15 Å². The Morgan fingerprint density at radius 3 is 2.71 bits per heavy atom. The minimum Gasteiger partial charge on any atom is -0.279 e. The van der Waals surface area contributed by atoms with Crippen molar-refractivity contribution in [2.75, 3.05) is 4.72 Å². The van der Waals surface area contributed by atoms with Gasteiger partial charge in [0.25, 0.3) is 10.0 Å². The smallest absolute Gasteiger partial charge is 0.262 e. The summed E-state index contributed by atoms with van der Waals surface area (Å²) in [5.41, 5.74) is 0.112. The van der Waals surface area contributed by atoms with Crippen LogP contribution in [-0.4, -0.2) is 13.4 Å². The Kier molecular flexibility index (Phi) is 4.11. The molecule has 0 aliphatic heterocycles. The predicted molar refractivity (Wildman–Crippen MR) is 75.9 cm³/mol. The van der Waals surface area contributed by atoms with E-state index >= 15 is 0 Å². The maximum Gasteiger partial charge on any atom is 0.262 e. The summed E-state index contributed by atoms with van der Waals surface area (Å²) in [5.74, 6) is -0.667. The number of nitriles is 1. The monoisotopic (exact) mass is 325 g/mol. The number of anilines is 1. The van der Waals surface area contributed by atoms with Crippen molar-refractivity contribution in [3.8, 4) is 6.07 Å². The zero-order valence-corrected chi connectivity index (χ0v) is 12.3. The molecule has 1 N–H and O–H groups in total. The number of nitrogens with one attached hydrogen (secondary N) is 1. The highest BCUT2D eigenvalue weighted by Gasteiger charge is 2.17. The van der Waals surface area contributed by atoms with E-state index in [4.69, 9.17) is 16.9 Å². The summed E-state index contributed by atoms with van der Waals surface area (Å²) in [6.07, 6.45) is 1.25. The van der Waals surface area contributed by atoms with E-state index in [9.17, 15) is 12.8 Å². The van der Waals surface area contributed by atoms with Gasteiger partial charge in [-0.25, -0.2) is 17.8 Å². The van der Waals surface area contributed by atoms with Crippen molar-refractivity contribution in [3.63, 3.8) is 0 Å². The summed E-state index contributed by atoms with van der Waals surface area (Å²) < 4.78 is 40.3. The third-order valence-electron chi connectivity index (χ3n) is 2.73. The van der Waals surface area contributed by atoms with Crippen LogP contribution < -0.4 is 4.72 Å². The van der Waals surface area contributed by atoms with E-state index in [-0.39, 0.29) is 26.9 Å². The summed E-state index contributed by atoms with van der Waals surface area (Å²) in [7, 11) is -3.95. The van der Waals surface area contributed by atoms with Crippen LogP contribution in [0.25, 0.3) is 0 Å². The minimum atomic E-state index is -3.95. The van der Waals surface area contributed by atoms with Crippen LogP contribution in [-0.2, 0) is 10.0 Å². The molecule has 0 saturated carbocycles. The second kappa shape index (κ2) is 5.68. The number of benzene rings is 1. The van der Waals surface area contributed by atoms with Gasteiger partial charge in [-0.15, -0.1) is 0 Å². The normalized spacial score (nSPS) is 11.0. The molecule has 1 aromatic carbocycles. The lowest BCUT2D eigenvalue weighted by atomic mass is 10.1. The van der Waals surface area contributed by atoms with E-state index in [0.717, 1.165) is 6.07 Å². The molecule has 0 aliphatic rings. The molecule has 0 fully saturated rings. The summed E-state index contributed by atoms with van der Waals surface area (Å²) in [4.78, 5) is 3.58. The maximum absolute atomic E-state index is 13.7. The molecule has 0 amide bonds. The number of halogens is 2. The van der Waals surface area contributed by atoms with Gasteiger partial charge in [-0.1, -0.05) is 11.6 Å². The van der Waals surface area contributed by atoms with Gasteiger partial charge in [0.05, 0.1) is 22.2 Å². The third kappa shape index (κ3) is 3.29. The molecule has 21 heavy (non-hydrogen) atoms. The number of nitrogens with zero attached hydrogens (tertiary/aromatic N) is 2. The average molecular weight is 326 g/mol. The molecule has 0 bridgehead atoms. The zero-order chi connectivity index (χ0) is 15.6. The molecule has 1 aromatic heterocycles. The van der Waals surface area contributed by atoms with Gasteiger partial charge in [-0.05, 0) is 31.2 Å². The lowest BCUT2D eigenvalue weighted by molar-refractivity contribution is 0.600. The van der Waals surface area contributed by atoms with E-state index in [2.05, 4.69) is 9.71 Å². The predicted octanol–water partition coefficient (Wildman–Crippen LogP) is 2.86. The topological polar surface area (TPSA) is 82.9 Å². The Morgan fingerprint density at radius 2 is 2.10 bits per heavy atom. The van der Waals surface area contributed by atoms with E-state index in [0.29, 0.717) is 0 Å². The van der Waals surface area contributed by atoms with Gasteiger partial charge in [0.2, 0.25) is 0 Å². The highest BCUT2D eigenvalue weighted by molar-refractivity contribution is 7.92. The van der Waals surface area contributed by atoms with Crippen molar-refractivity contribution in [1.82, 2.24) is 4.98 Å².